The van der Waals surface area contributed by atoms with Crippen LogP contribution in [0.5, 0.6) is 0 Å². The van der Waals surface area contributed by atoms with E-state index in [-0.39, 0.29) is 12.2 Å². The summed E-state index contributed by atoms with van der Waals surface area (Å²) in [6.07, 6.45) is 4.28. The van der Waals surface area contributed by atoms with E-state index in [1.807, 2.05) is 13.2 Å². The highest BCUT2D eigenvalue weighted by Crippen LogP contribution is 2.36. The second kappa shape index (κ2) is 10.4. The second-order valence-corrected chi connectivity index (χ2v) is 10.9. The van der Waals surface area contributed by atoms with E-state index in [4.69, 9.17) is 9.15 Å². The molecule has 2 fully saturated rings. The van der Waals surface area contributed by atoms with Crippen molar-refractivity contribution >= 4 is 33.8 Å². The van der Waals surface area contributed by atoms with Gasteiger partial charge in [0.2, 0.25) is 11.7 Å². The fourth-order valence-corrected chi connectivity index (χ4v) is 5.99. The lowest BCUT2D eigenvalue weighted by molar-refractivity contribution is -0.252. The molecule has 8 nitrogen and oxygen atoms in total. The lowest BCUT2D eigenvalue weighted by atomic mass is 9.87. The van der Waals surface area contributed by atoms with Crippen molar-refractivity contribution < 1.29 is 32.6 Å². The fourth-order valence-electron chi connectivity index (χ4n) is 5.99. The van der Waals surface area contributed by atoms with Crippen LogP contribution < -0.4 is 0 Å². The molecule has 3 heterocycles. The summed E-state index contributed by atoms with van der Waals surface area (Å²) in [7, 11) is 1.82. The third-order valence-electron chi connectivity index (χ3n) is 8.20. The van der Waals surface area contributed by atoms with Gasteiger partial charge >= 0.3 is 11.9 Å². The van der Waals surface area contributed by atoms with Gasteiger partial charge in [-0.15, -0.1) is 0 Å². The Labute approximate surface area is 229 Å². The summed E-state index contributed by atoms with van der Waals surface area (Å²) in [6.45, 7) is 0.846. The maximum absolute atomic E-state index is 16.5. The first-order valence-corrected chi connectivity index (χ1v) is 13.7. The van der Waals surface area contributed by atoms with Crippen molar-refractivity contribution in [1.82, 2.24) is 14.5 Å². The molecule has 2 aliphatic rings. The minimum Gasteiger partial charge on any atom is -0.481 e. The highest BCUT2D eigenvalue weighted by atomic mass is 19.2. The molecule has 1 saturated heterocycles. The minimum absolute atomic E-state index is 0.197. The highest BCUT2D eigenvalue weighted by Gasteiger charge is 2.48. The first-order chi connectivity index (χ1) is 19.2. The molecule has 0 bridgehead atoms. The van der Waals surface area contributed by atoms with Crippen molar-refractivity contribution in [2.24, 2.45) is 13.0 Å². The number of ketones is 1. The molecule has 1 unspecified atom stereocenters. The van der Waals surface area contributed by atoms with Crippen LogP contribution in [0.3, 0.4) is 0 Å². The van der Waals surface area contributed by atoms with E-state index in [0.717, 1.165) is 18.2 Å². The van der Waals surface area contributed by atoms with Gasteiger partial charge in [0.05, 0.1) is 23.1 Å². The number of halogens is 2. The quantitative estimate of drug-likeness (QED) is 0.284. The lowest BCUT2D eigenvalue weighted by Crippen LogP contribution is -2.54. The summed E-state index contributed by atoms with van der Waals surface area (Å²) < 4.78 is 44.0. The molecule has 0 amide bonds. The smallest absolute Gasteiger partial charge is 0.330 e. The van der Waals surface area contributed by atoms with Crippen LogP contribution in [-0.2, 0) is 27.8 Å². The van der Waals surface area contributed by atoms with Crippen LogP contribution in [0.1, 0.15) is 44.1 Å². The number of aryl methyl sites for hydroxylation is 1. The minimum atomic E-state index is -2.57. The molecule has 1 saturated carbocycles. The van der Waals surface area contributed by atoms with Crippen LogP contribution in [0, 0.1) is 11.7 Å². The third kappa shape index (κ3) is 4.90. The van der Waals surface area contributed by atoms with Crippen molar-refractivity contribution in [2.45, 2.75) is 57.0 Å². The molecule has 1 N–H and O–H groups in total. The normalized spacial score (nSPS) is 21.7. The van der Waals surface area contributed by atoms with Crippen LogP contribution in [0.4, 0.5) is 8.78 Å². The number of aliphatic carboxylic acids is 1. The number of ether oxygens (including phenoxy) is 1. The SMILES string of the molecule is Cn1cc(-c2nc3ccc(CC(=O)C(F)(OC4CCC(C(=O)O)CC4)N4CCCC4)cc3o2)c2ccc(F)cc21. The Morgan fingerprint density at radius 2 is 1.88 bits per heavy atom. The number of fused-ring (bicyclic) bond motifs is 2. The number of nitrogens with zero attached hydrogens (tertiary/aromatic N) is 3. The van der Waals surface area contributed by atoms with Gasteiger partial charge in [0.25, 0.3) is 0 Å². The second-order valence-electron chi connectivity index (χ2n) is 10.9. The Balaban J connectivity index is 1.23. The van der Waals surface area contributed by atoms with Crippen LogP contribution in [-0.4, -0.2) is 56.5 Å². The number of carboxylic acid groups (broad SMARTS) is 1. The van der Waals surface area contributed by atoms with Crippen molar-refractivity contribution in [1.29, 1.82) is 0 Å². The molecule has 40 heavy (non-hydrogen) atoms. The molecular weight excluding hydrogens is 520 g/mol. The van der Waals surface area contributed by atoms with Gasteiger partial charge in [0.1, 0.15) is 11.3 Å². The molecule has 1 aliphatic carbocycles. The van der Waals surface area contributed by atoms with Crippen molar-refractivity contribution in [2.75, 3.05) is 13.1 Å². The molecule has 0 spiro atoms. The van der Waals surface area contributed by atoms with E-state index in [0.29, 0.717) is 72.4 Å². The molecule has 4 aromatic rings. The Morgan fingerprint density at radius 3 is 2.60 bits per heavy atom. The molecule has 0 radical (unpaired) electrons. The van der Waals surface area contributed by atoms with Crippen molar-refractivity contribution in [3.8, 4) is 11.5 Å². The number of rotatable bonds is 8. The number of carbonyl (C=O) groups excluding carboxylic acids is 1. The van der Waals surface area contributed by atoms with Gasteiger partial charge < -0.3 is 18.8 Å². The van der Waals surface area contributed by atoms with Gasteiger partial charge in [-0.25, -0.2) is 14.3 Å². The molecule has 1 atom stereocenters. The number of alkyl halides is 1. The van der Waals surface area contributed by atoms with E-state index in [1.54, 1.807) is 28.8 Å². The molecule has 1 aliphatic heterocycles. The Kier molecular flexibility index (Phi) is 6.92. The predicted molar refractivity (Wildman–Crippen MR) is 144 cm³/mol. The number of carbonyl (C=O) groups is 2. The van der Waals surface area contributed by atoms with Crippen LogP contribution in [0.2, 0.25) is 0 Å². The molecule has 2 aromatic carbocycles. The van der Waals surface area contributed by atoms with Crippen LogP contribution in [0.25, 0.3) is 33.5 Å². The van der Waals surface area contributed by atoms with Crippen LogP contribution >= 0.6 is 0 Å². The first-order valence-electron chi connectivity index (χ1n) is 13.7. The summed E-state index contributed by atoms with van der Waals surface area (Å²) in [6, 6.07) is 9.69. The molecule has 6 rings (SSSR count). The Bertz CT molecular complexity index is 1580. The van der Waals surface area contributed by atoms with Gasteiger partial charge in [0, 0.05) is 38.1 Å². The number of oxazole rings is 1. The standard InChI is InChI=1S/C30H31F2N3O5/c1-34-17-23(22-10-7-20(31)16-25(22)34)28-33-24-11-4-18(14-26(24)39-28)15-27(36)30(32,35-12-2-3-13-35)40-21-8-5-19(6-9-21)29(37)38/h4,7,10-11,14,16-17,19,21H,2-3,5-6,8-9,12-13,15H2,1H3,(H,37,38). The number of hydrogen-bond acceptors (Lipinski definition) is 6. The van der Waals surface area contributed by atoms with Gasteiger partial charge in [0.15, 0.2) is 5.58 Å². The van der Waals surface area contributed by atoms with E-state index in [9.17, 15) is 19.1 Å². The molecule has 10 heteroatoms. The number of likely N-dealkylation sites (tertiary alicyclic amines) is 1. The number of aromatic nitrogens is 2. The van der Waals surface area contributed by atoms with Gasteiger partial charge in [-0.05, 0) is 74.4 Å². The predicted octanol–water partition coefficient (Wildman–Crippen LogP) is 5.62. The molecule has 210 valence electrons. The zero-order chi connectivity index (χ0) is 28.0. The Morgan fingerprint density at radius 1 is 1.12 bits per heavy atom. The van der Waals surface area contributed by atoms with Crippen molar-refractivity contribution in [3.63, 3.8) is 0 Å². The van der Waals surface area contributed by atoms with Gasteiger partial charge in [-0.1, -0.05) is 6.07 Å². The number of benzene rings is 2. The zero-order valence-corrected chi connectivity index (χ0v) is 22.2. The number of hydrogen-bond donors (Lipinski definition) is 1. The van der Waals surface area contributed by atoms with E-state index < -0.39 is 29.8 Å². The van der Waals surface area contributed by atoms with Gasteiger partial charge in [-0.3, -0.25) is 9.59 Å². The van der Waals surface area contributed by atoms with Gasteiger partial charge in [-0.2, -0.15) is 4.39 Å². The summed E-state index contributed by atoms with van der Waals surface area (Å²) >= 11 is 0. The average molecular weight is 552 g/mol. The molecular formula is C30H31F2N3O5. The van der Waals surface area contributed by atoms with Crippen molar-refractivity contribution in [3.05, 3.63) is 54.0 Å². The average Bonchev–Trinajstić information content (AvgIpc) is 3.68. The first kappa shape index (κ1) is 26.6. The summed E-state index contributed by atoms with van der Waals surface area (Å²) in [5.41, 5.74) is 3.04. The third-order valence-corrected chi connectivity index (χ3v) is 8.20. The van der Waals surface area contributed by atoms with Crippen LogP contribution in [0.15, 0.2) is 47.0 Å². The summed E-state index contributed by atoms with van der Waals surface area (Å²) in [5.74, 6) is -4.53. The maximum atomic E-state index is 16.5. The van der Waals surface area contributed by atoms with E-state index in [1.165, 1.54) is 17.0 Å². The largest absolute Gasteiger partial charge is 0.481 e. The summed E-state index contributed by atoms with van der Waals surface area (Å²) in [5, 5.41) is 10.1. The number of carboxylic acids is 1. The van der Waals surface area contributed by atoms with E-state index in [2.05, 4.69) is 4.98 Å². The topological polar surface area (TPSA) is 97.8 Å². The number of Topliss-reactive ketones (excluding diaryl/α,β-unsaturated/α-hetero) is 1. The zero-order valence-electron chi connectivity index (χ0n) is 22.2. The Hall–Kier alpha value is -3.63. The monoisotopic (exact) mass is 551 g/mol. The van der Waals surface area contributed by atoms with E-state index >= 15 is 4.39 Å². The molecule has 2 aromatic heterocycles. The maximum Gasteiger partial charge on any atom is 0.330 e. The lowest BCUT2D eigenvalue weighted by Gasteiger charge is -2.37. The highest BCUT2D eigenvalue weighted by molar-refractivity contribution is 5.95. The fraction of sp³-hybridized carbons (Fsp3) is 0.433. The summed E-state index contributed by atoms with van der Waals surface area (Å²) in [4.78, 5) is 30.9.